The van der Waals surface area contributed by atoms with Crippen LogP contribution in [0.2, 0.25) is 0 Å². The van der Waals surface area contributed by atoms with Gasteiger partial charge in [0.2, 0.25) is 11.8 Å². The van der Waals surface area contributed by atoms with E-state index in [9.17, 15) is 19.5 Å². The predicted molar refractivity (Wildman–Crippen MR) is 149 cm³/mol. The second-order valence-electron chi connectivity index (χ2n) is 12.1. The van der Waals surface area contributed by atoms with Crippen molar-refractivity contribution < 1.29 is 24.2 Å². The molecule has 1 N–H and O–H groups in total. The number of fused-ring (bicyclic) bond motifs is 2. The number of anilines is 1. The van der Waals surface area contributed by atoms with E-state index in [4.69, 9.17) is 4.74 Å². The summed E-state index contributed by atoms with van der Waals surface area (Å²) in [5, 5.41) is 10.5. The van der Waals surface area contributed by atoms with E-state index in [1.54, 1.807) is 21.7 Å². The van der Waals surface area contributed by atoms with Gasteiger partial charge in [-0.05, 0) is 49.8 Å². The minimum Gasteiger partial charge on any atom is -0.394 e. The topological polar surface area (TPSA) is 90.4 Å². The molecule has 39 heavy (non-hydrogen) atoms. The van der Waals surface area contributed by atoms with Crippen LogP contribution in [0, 0.1) is 31.6 Å². The second kappa shape index (κ2) is 9.89. The van der Waals surface area contributed by atoms with Crippen molar-refractivity contribution in [1.82, 2.24) is 9.80 Å². The van der Waals surface area contributed by atoms with E-state index in [0.717, 1.165) is 16.8 Å². The number of ether oxygens (including phenoxy) is 1. The Morgan fingerprint density at radius 1 is 1.03 bits per heavy atom. The fourth-order valence-electron chi connectivity index (χ4n) is 7.26. The number of benzene rings is 1. The highest BCUT2D eigenvalue weighted by atomic mass is 16.5. The van der Waals surface area contributed by atoms with Crippen LogP contribution < -0.4 is 4.90 Å². The first kappa shape index (κ1) is 27.6. The summed E-state index contributed by atoms with van der Waals surface area (Å²) >= 11 is 0. The molecule has 1 aromatic carbocycles. The average molecular weight is 536 g/mol. The molecule has 0 aromatic heterocycles. The summed E-state index contributed by atoms with van der Waals surface area (Å²) in [5.74, 6) is -2.16. The third-order valence-corrected chi connectivity index (χ3v) is 9.08. The van der Waals surface area contributed by atoms with Crippen LogP contribution >= 0.6 is 0 Å². The van der Waals surface area contributed by atoms with Gasteiger partial charge in [-0.2, -0.15) is 0 Å². The highest BCUT2D eigenvalue weighted by Gasteiger charge is 2.75. The molecule has 5 rings (SSSR count). The standard InChI is InChI=1S/C31H41N3O5/c1-7-30-12-8-14-32(6)27(36)24(30)25-28(37)34(22(18-35)16-19(2)3)26-29(38)33(15-9-13-31(25,26)39-30)23-17-20(4)10-11-21(23)5/h8-13,17,19,22,24-26,35H,7,14-16,18H2,1-6H3/t22-,24+,25+,26?,30-,31+/m1/s1. The van der Waals surface area contributed by atoms with Crippen LogP contribution in [0.25, 0.3) is 0 Å². The Hall–Kier alpha value is -2.97. The van der Waals surface area contributed by atoms with E-state index < -0.39 is 35.1 Å². The second-order valence-corrected chi connectivity index (χ2v) is 12.1. The molecule has 0 bridgehead atoms. The van der Waals surface area contributed by atoms with Crippen molar-refractivity contribution in [1.29, 1.82) is 0 Å². The summed E-state index contributed by atoms with van der Waals surface area (Å²) in [6.07, 6.45) is 8.66. The third kappa shape index (κ3) is 4.06. The summed E-state index contributed by atoms with van der Waals surface area (Å²) < 4.78 is 6.99. The Bertz CT molecular complexity index is 1240. The highest BCUT2D eigenvalue weighted by Crippen LogP contribution is 2.59. The molecule has 2 fully saturated rings. The van der Waals surface area contributed by atoms with E-state index in [1.165, 1.54) is 0 Å². The number of likely N-dealkylation sites (tertiary alicyclic amines) is 1. The SMILES string of the molecule is CC[C@@]12C=CCN(C)C(=O)[C@@H]1[C@H]1C(=O)N([C@@H](CO)CC(C)C)C3C(=O)N(c4cc(C)ccc4C)CC=C[C@@]31O2. The Morgan fingerprint density at radius 3 is 2.41 bits per heavy atom. The molecule has 4 heterocycles. The summed E-state index contributed by atoms with van der Waals surface area (Å²) in [4.78, 5) is 48.1. The van der Waals surface area contributed by atoms with Crippen molar-refractivity contribution >= 4 is 23.4 Å². The number of hydrogen-bond donors (Lipinski definition) is 1. The fourth-order valence-corrected chi connectivity index (χ4v) is 7.26. The number of aryl methyl sites for hydroxylation is 2. The van der Waals surface area contributed by atoms with Crippen molar-refractivity contribution in [2.75, 3.05) is 31.6 Å². The zero-order valence-electron chi connectivity index (χ0n) is 23.9. The number of aliphatic hydroxyl groups is 1. The zero-order valence-corrected chi connectivity index (χ0v) is 23.9. The van der Waals surface area contributed by atoms with Crippen LogP contribution in [0.1, 0.15) is 44.7 Å². The first-order chi connectivity index (χ1) is 18.5. The van der Waals surface area contributed by atoms with E-state index in [1.807, 2.05) is 77.1 Å². The van der Waals surface area contributed by atoms with Gasteiger partial charge in [-0.15, -0.1) is 0 Å². The van der Waals surface area contributed by atoms with Gasteiger partial charge >= 0.3 is 0 Å². The Morgan fingerprint density at radius 2 is 1.74 bits per heavy atom. The van der Waals surface area contributed by atoms with E-state index in [0.29, 0.717) is 25.9 Å². The van der Waals surface area contributed by atoms with Gasteiger partial charge in [0.05, 0.1) is 30.1 Å². The van der Waals surface area contributed by atoms with Crippen LogP contribution in [0.15, 0.2) is 42.5 Å². The molecule has 4 aliphatic heterocycles. The first-order valence-corrected chi connectivity index (χ1v) is 14.1. The molecule has 2 saturated heterocycles. The molecule has 0 saturated carbocycles. The van der Waals surface area contributed by atoms with Gasteiger partial charge in [-0.25, -0.2) is 0 Å². The first-order valence-electron chi connectivity index (χ1n) is 14.1. The number of rotatable bonds is 6. The van der Waals surface area contributed by atoms with Crippen molar-refractivity contribution in [2.24, 2.45) is 17.8 Å². The quantitative estimate of drug-likeness (QED) is 0.566. The minimum absolute atomic E-state index is 0.154. The lowest BCUT2D eigenvalue weighted by Gasteiger charge is -2.41. The predicted octanol–water partition coefficient (Wildman–Crippen LogP) is 3.00. The number of likely N-dealkylation sites (N-methyl/N-ethyl adjacent to an activating group) is 1. The lowest BCUT2D eigenvalue weighted by Crippen LogP contribution is -2.59. The molecular weight excluding hydrogens is 494 g/mol. The summed E-state index contributed by atoms with van der Waals surface area (Å²) in [5.41, 5.74) is 0.436. The molecule has 0 radical (unpaired) electrons. The maximum Gasteiger partial charge on any atom is 0.253 e. The molecule has 8 heteroatoms. The summed E-state index contributed by atoms with van der Waals surface area (Å²) in [7, 11) is 1.74. The van der Waals surface area contributed by atoms with Gasteiger partial charge in [0.25, 0.3) is 5.91 Å². The molecule has 1 unspecified atom stereocenters. The van der Waals surface area contributed by atoms with Crippen LogP contribution in [-0.2, 0) is 19.1 Å². The Kier molecular flexibility index (Phi) is 7.00. The van der Waals surface area contributed by atoms with Crippen molar-refractivity contribution in [3.63, 3.8) is 0 Å². The van der Waals surface area contributed by atoms with Crippen LogP contribution in [0.3, 0.4) is 0 Å². The van der Waals surface area contributed by atoms with Crippen molar-refractivity contribution in [3.05, 3.63) is 53.6 Å². The number of hydrogen-bond acceptors (Lipinski definition) is 5. The highest BCUT2D eigenvalue weighted by molar-refractivity contribution is 6.06. The number of carbonyl (C=O) groups excluding carboxylic acids is 3. The van der Waals surface area contributed by atoms with Gasteiger partial charge in [0.15, 0.2) is 0 Å². The van der Waals surface area contributed by atoms with Gasteiger partial charge < -0.3 is 24.5 Å². The Balaban J connectivity index is 1.72. The largest absolute Gasteiger partial charge is 0.394 e. The molecule has 0 aliphatic carbocycles. The smallest absolute Gasteiger partial charge is 0.253 e. The fraction of sp³-hybridized carbons (Fsp3) is 0.581. The van der Waals surface area contributed by atoms with Crippen molar-refractivity contribution in [3.8, 4) is 0 Å². The normalized spacial score (nSPS) is 32.9. The maximum absolute atomic E-state index is 14.7. The van der Waals surface area contributed by atoms with Gasteiger partial charge in [-0.3, -0.25) is 14.4 Å². The zero-order chi connectivity index (χ0) is 28.3. The van der Waals surface area contributed by atoms with Crippen LogP contribution in [0.5, 0.6) is 0 Å². The molecule has 1 aromatic rings. The number of amides is 3. The van der Waals surface area contributed by atoms with E-state index in [-0.39, 0.29) is 30.2 Å². The number of nitrogens with zero attached hydrogens (tertiary/aromatic N) is 3. The Labute approximate surface area is 231 Å². The minimum atomic E-state index is -1.33. The maximum atomic E-state index is 14.7. The lowest BCUT2D eigenvalue weighted by molar-refractivity contribution is -0.152. The van der Waals surface area contributed by atoms with Crippen LogP contribution in [0.4, 0.5) is 5.69 Å². The van der Waals surface area contributed by atoms with E-state index in [2.05, 4.69) is 0 Å². The molecule has 1 spiro atoms. The molecule has 4 aliphatic rings. The summed E-state index contributed by atoms with van der Waals surface area (Å²) in [6.45, 7) is 10.5. The van der Waals surface area contributed by atoms with Crippen LogP contribution in [-0.4, -0.2) is 82.7 Å². The third-order valence-electron chi connectivity index (χ3n) is 9.08. The molecule has 3 amide bonds. The van der Waals surface area contributed by atoms with E-state index >= 15 is 0 Å². The summed E-state index contributed by atoms with van der Waals surface area (Å²) in [6, 6.07) is 4.41. The number of aliphatic hydroxyl groups excluding tert-OH is 1. The van der Waals surface area contributed by atoms with Gasteiger partial charge in [0.1, 0.15) is 11.6 Å². The van der Waals surface area contributed by atoms with Crippen molar-refractivity contribution in [2.45, 2.75) is 70.7 Å². The average Bonchev–Trinajstić information content (AvgIpc) is 3.20. The number of carbonyl (C=O) groups is 3. The molecular formula is C31H41N3O5. The lowest BCUT2D eigenvalue weighted by atomic mass is 9.73. The molecule has 8 nitrogen and oxygen atoms in total. The monoisotopic (exact) mass is 535 g/mol. The molecule has 210 valence electrons. The molecule has 6 atom stereocenters. The van der Waals surface area contributed by atoms with Gasteiger partial charge in [-0.1, -0.05) is 57.2 Å². The van der Waals surface area contributed by atoms with Gasteiger partial charge in [0, 0.05) is 25.8 Å².